The molecule has 1 atom stereocenters. The van der Waals surface area contributed by atoms with Crippen molar-refractivity contribution in [3.05, 3.63) is 0 Å². The fourth-order valence-electron chi connectivity index (χ4n) is 3.20. The fourth-order valence-corrected chi connectivity index (χ4v) is 3.20. The van der Waals surface area contributed by atoms with Crippen LogP contribution in [0.15, 0.2) is 0 Å². The number of hydrogen-bond donors (Lipinski definition) is 1. The second kappa shape index (κ2) is 3.95. The molecular formula is C13H22N2O2. The van der Waals surface area contributed by atoms with Crippen molar-refractivity contribution in [2.24, 2.45) is 5.92 Å². The van der Waals surface area contributed by atoms with E-state index in [1.165, 1.54) is 12.8 Å². The molecule has 1 heterocycles. The second-order valence-electron chi connectivity index (χ2n) is 5.98. The normalized spacial score (nSPS) is 31.1. The van der Waals surface area contributed by atoms with E-state index in [-0.39, 0.29) is 0 Å². The molecule has 3 rings (SSSR count). The van der Waals surface area contributed by atoms with E-state index < -0.39 is 11.5 Å². The topological polar surface area (TPSA) is 43.8 Å². The molecule has 0 amide bonds. The molecular weight excluding hydrogens is 216 g/mol. The maximum Gasteiger partial charge on any atom is 0.324 e. The third-order valence-electron chi connectivity index (χ3n) is 4.84. The van der Waals surface area contributed by atoms with Gasteiger partial charge in [0, 0.05) is 32.2 Å². The average molecular weight is 238 g/mol. The van der Waals surface area contributed by atoms with Crippen molar-refractivity contribution < 1.29 is 9.90 Å². The highest BCUT2D eigenvalue weighted by Crippen LogP contribution is 2.43. The van der Waals surface area contributed by atoms with Crippen molar-refractivity contribution in [3.63, 3.8) is 0 Å². The average Bonchev–Trinajstić information content (AvgIpc) is 3.20. The summed E-state index contributed by atoms with van der Waals surface area (Å²) in [5.74, 6) is -0.243. The molecule has 0 bridgehead atoms. The molecule has 4 nitrogen and oxygen atoms in total. The minimum atomic E-state index is -0.625. The van der Waals surface area contributed by atoms with E-state index >= 15 is 0 Å². The van der Waals surface area contributed by atoms with Gasteiger partial charge in [-0.1, -0.05) is 0 Å². The molecule has 4 heteroatoms. The van der Waals surface area contributed by atoms with Gasteiger partial charge in [-0.05, 0) is 38.5 Å². The van der Waals surface area contributed by atoms with Gasteiger partial charge >= 0.3 is 5.97 Å². The van der Waals surface area contributed by atoms with Gasteiger partial charge in [0.2, 0.25) is 0 Å². The van der Waals surface area contributed by atoms with E-state index in [0.717, 1.165) is 45.1 Å². The fraction of sp³-hybridized carbons (Fsp3) is 0.923. The van der Waals surface area contributed by atoms with Crippen LogP contribution in [0, 0.1) is 5.92 Å². The summed E-state index contributed by atoms with van der Waals surface area (Å²) < 4.78 is 0. The lowest BCUT2D eigenvalue weighted by molar-refractivity contribution is -0.153. The number of nitrogens with zero attached hydrogens (tertiary/aromatic N) is 2. The van der Waals surface area contributed by atoms with Gasteiger partial charge in [0.05, 0.1) is 0 Å². The quantitative estimate of drug-likeness (QED) is 0.794. The number of carboxylic acid groups (broad SMARTS) is 1. The summed E-state index contributed by atoms with van der Waals surface area (Å²) in [6.45, 7) is 5.89. The minimum Gasteiger partial charge on any atom is -0.480 e. The molecule has 0 aromatic heterocycles. The maximum atomic E-state index is 11.6. The molecule has 3 aliphatic rings. The van der Waals surface area contributed by atoms with Crippen molar-refractivity contribution in [2.75, 3.05) is 26.2 Å². The lowest BCUT2D eigenvalue weighted by Crippen LogP contribution is -2.60. The molecule has 0 spiro atoms. The summed E-state index contributed by atoms with van der Waals surface area (Å²) in [6.07, 6.45) is 4.87. The Balaban J connectivity index is 1.65. The van der Waals surface area contributed by atoms with Gasteiger partial charge in [-0.25, -0.2) is 0 Å². The second-order valence-corrected chi connectivity index (χ2v) is 5.98. The Morgan fingerprint density at radius 3 is 2.12 bits per heavy atom. The van der Waals surface area contributed by atoms with Crippen LogP contribution in [0.5, 0.6) is 0 Å². The number of aliphatic carboxylic acids is 1. The minimum absolute atomic E-state index is 0.382. The van der Waals surface area contributed by atoms with Crippen LogP contribution in [0.4, 0.5) is 0 Å². The van der Waals surface area contributed by atoms with Crippen LogP contribution >= 0.6 is 0 Å². The van der Waals surface area contributed by atoms with E-state index in [1.54, 1.807) is 0 Å². The lowest BCUT2D eigenvalue weighted by atomic mass is 9.92. The molecule has 0 aromatic rings. The molecule has 3 fully saturated rings. The van der Waals surface area contributed by atoms with Gasteiger partial charge in [0.15, 0.2) is 0 Å². The van der Waals surface area contributed by atoms with Crippen molar-refractivity contribution in [1.82, 2.24) is 9.80 Å². The molecule has 0 aromatic carbocycles. The first kappa shape index (κ1) is 11.5. The monoisotopic (exact) mass is 238 g/mol. The number of hydrogen-bond acceptors (Lipinski definition) is 3. The molecule has 2 saturated carbocycles. The molecule has 17 heavy (non-hydrogen) atoms. The molecule has 0 radical (unpaired) electrons. The molecule has 1 N–H and O–H groups in total. The van der Waals surface area contributed by atoms with Crippen LogP contribution < -0.4 is 0 Å². The van der Waals surface area contributed by atoms with Gasteiger partial charge in [-0.15, -0.1) is 0 Å². The maximum absolute atomic E-state index is 11.6. The molecule has 1 unspecified atom stereocenters. The largest absolute Gasteiger partial charge is 0.480 e. The Morgan fingerprint density at radius 1 is 1.12 bits per heavy atom. The van der Waals surface area contributed by atoms with Gasteiger partial charge in [0.1, 0.15) is 5.54 Å². The number of carboxylic acids is 1. The van der Waals surface area contributed by atoms with Crippen LogP contribution in [-0.2, 0) is 4.79 Å². The van der Waals surface area contributed by atoms with Crippen LogP contribution in [0.3, 0.4) is 0 Å². The number of carbonyl (C=O) groups is 1. The Hall–Kier alpha value is -0.610. The smallest absolute Gasteiger partial charge is 0.324 e. The zero-order chi connectivity index (χ0) is 12.0. The Labute approximate surface area is 103 Å². The first-order chi connectivity index (χ1) is 8.12. The van der Waals surface area contributed by atoms with E-state index in [0.29, 0.717) is 5.92 Å². The Morgan fingerprint density at radius 2 is 1.71 bits per heavy atom. The standard InChI is InChI=1S/C13H22N2O2/c1-13(12(16)17,10-2-3-10)15-8-6-14(7-9-15)11-4-5-11/h10-11H,2-9H2,1H3,(H,16,17). The summed E-state index contributed by atoms with van der Waals surface area (Å²) in [5.41, 5.74) is -0.602. The highest BCUT2D eigenvalue weighted by Gasteiger charge is 2.52. The summed E-state index contributed by atoms with van der Waals surface area (Å²) in [7, 11) is 0. The molecule has 1 saturated heterocycles. The van der Waals surface area contributed by atoms with Crippen molar-refractivity contribution in [1.29, 1.82) is 0 Å². The molecule has 2 aliphatic carbocycles. The van der Waals surface area contributed by atoms with E-state index in [2.05, 4.69) is 9.80 Å². The summed E-state index contributed by atoms with van der Waals surface area (Å²) in [4.78, 5) is 16.3. The van der Waals surface area contributed by atoms with Gasteiger partial charge < -0.3 is 5.11 Å². The van der Waals surface area contributed by atoms with Crippen molar-refractivity contribution in [3.8, 4) is 0 Å². The van der Waals surface area contributed by atoms with E-state index in [4.69, 9.17) is 0 Å². The predicted octanol–water partition coefficient (Wildman–Crippen LogP) is 1.02. The highest BCUT2D eigenvalue weighted by molar-refractivity contribution is 5.79. The molecule has 96 valence electrons. The third-order valence-corrected chi connectivity index (χ3v) is 4.84. The van der Waals surface area contributed by atoms with Crippen LogP contribution in [-0.4, -0.2) is 58.6 Å². The lowest BCUT2D eigenvalue weighted by Gasteiger charge is -2.43. The first-order valence-electron chi connectivity index (χ1n) is 6.85. The van der Waals surface area contributed by atoms with Crippen molar-refractivity contribution in [2.45, 2.75) is 44.2 Å². The van der Waals surface area contributed by atoms with Gasteiger partial charge in [-0.3, -0.25) is 14.6 Å². The third kappa shape index (κ3) is 1.97. The van der Waals surface area contributed by atoms with Crippen LogP contribution in [0.1, 0.15) is 32.6 Å². The van der Waals surface area contributed by atoms with E-state index in [1.807, 2.05) is 6.92 Å². The zero-order valence-corrected chi connectivity index (χ0v) is 10.6. The Bertz CT molecular complexity index is 317. The number of rotatable bonds is 4. The highest BCUT2D eigenvalue weighted by atomic mass is 16.4. The zero-order valence-electron chi connectivity index (χ0n) is 10.6. The summed E-state index contributed by atoms with van der Waals surface area (Å²) >= 11 is 0. The first-order valence-corrected chi connectivity index (χ1v) is 6.85. The van der Waals surface area contributed by atoms with Gasteiger partial charge in [0.25, 0.3) is 0 Å². The molecule has 1 aliphatic heterocycles. The Kier molecular flexibility index (Phi) is 2.67. The van der Waals surface area contributed by atoms with Crippen LogP contribution in [0.2, 0.25) is 0 Å². The van der Waals surface area contributed by atoms with Crippen LogP contribution in [0.25, 0.3) is 0 Å². The SMILES string of the molecule is CC(C(=O)O)(C1CC1)N1CCN(C2CC2)CC1. The summed E-state index contributed by atoms with van der Waals surface area (Å²) in [6, 6.07) is 0.814. The predicted molar refractivity (Wildman–Crippen MR) is 64.9 cm³/mol. The van der Waals surface area contributed by atoms with Crippen molar-refractivity contribution >= 4 is 5.97 Å². The van der Waals surface area contributed by atoms with Gasteiger partial charge in [-0.2, -0.15) is 0 Å². The summed E-state index contributed by atoms with van der Waals surface area (Å²) in [5, 5.41) is 9.53. The van der Waals surface area contributed by atoms with E-state index in [9.17, 15) is 9.90 Å². The number of piperazine rings is 1.